The Balaban J connectivity index is 1.16. The van der Waals surface area contributed by atoms with Gasteiger partial charge in [-0.1, -0.05) is 50.6 Å². The lowest BCUT2D eigenvalue weighted by Gasteiger charge is -2.27. The monoisotopic (exact) mass is 955 g/mol. The number of nitrogens with zero attached hydrogens (tertiary/aromatic N) is 2. The molecule has 0 aromatic heterocycles. The van der Waals surface area contributed by atoms with E-state index in [9.17, 15) is 45.7 Å². The number of amides is 2. The van der Waals surface area contributed by atoms with Crippen molar-refractivity contribution in [1.29, 1.82) is 0 Å². The highest BCUT2D eigenvalue weighted by atomic mass is 32.2. The third-order valence-electron chi connectivity index (χ3n) is 12.7. The van der Waals surface area contributed by atoms with Crippen molar-refractivity contribution in [2.24, 2.45) is 0 Å². The predicted octanol–water partition coefficient (Wildman–Crippen LogP) is 8.04. The molecule has 358 valence electrons. The first-order valence-corrected chi connectivity index (χ1v) is 25.7. The van der Waals surface area contributed by atoms with E-state index in [0.717, 1.165) is 70.7 Å². The Morgan fingerprint density at radius 1 is 0.642 bits per heavy atom. The molecule has 0 aliphatic carbocycles. The molecule has 67 heavy (non-hydrogen) atoms. The van der Waals surface area contributed by atoms with Crippen LogP contribution in [0, 0.1) is 0 Å². The van der Waals surface area contributed by atoms with Crippen molar-refractivity contribution in [3.05, 3.63) is 131 Å². The van der Waals surface area contributed by atoms with E-state index < -0.39 is 31.1 Å². The fraction of sp³-hybridized carbons (Fsp3) is 0.392. The predicted molar refractivity (Wildman–Crippen MR) is 260 cm³/mol. The van der Waals surface area contributed by atoms with Crippen LogP contribution in [0.25, 0.3) is 0 Å². The summed E-state index contributed by atoms with van der Waals surface area (Å²) in [6.45, 7) is 10.2. The Morgan fingerprint density at radius 2 is 1.15 bits per heavy atom. The average Bonchev–Trinajstić information content (AvgIpc) is 3.61. The lowest BCUT2D eigenvalue weighted by molar-refractivity contribution is -0.438. The summed E-state index contributed by atoms with van der Waals surface area (Å²) in [6, 6.07) is 23.1. The molecule has 0 atom stereocenters. The quantitative estimate of drug-likeness (QED) is 0.0252. The Kier molecular flexibility index (Phi) is 16.2. The number of hydrogen-bond acceptors (Lipinski definition) is 9. The molecule has 2 aliphatic rings. The van der Waals surface area contributed by atoms with Crippen LogP contribution in [0.15, 0.2) is 119 Å². The van der Waals surface area contributed by atoms with Crippen molar-refractivity contribution >= 4 is 49.1 Å². The largest absolute Gasteiger partial charge is 0.508 e. The van der Waals surface area contributed by atoms with Gasteiger partial charge in [-0.2, -0.15) is 21.4 Å². The van der Waals surface area contributed by atoms with Crippen LogP contribution < -0.4 is 15.5 Å². The third-order valence-corrected chi connectivity index (χ3v) is 14.4. The van der Waals surface area contributed by atoms with E-state index in [1.807, 2.05) is 70.2 Å². The minimum absolute atomic E-state index is 0.0331. The highest BCUT2D eigenvalue weighted by Crippen LogP contribution is 2.49. The second-order valence-electron chi connectivity index (χ2n) is 18.3. The van der Waals surface area contributed by atoms with Crippen LogP contribution in [0.3, 0.4) is 0 Å². The molecule has 0 unspecified atom stereocenters. The Bertz CT molecular complexity index is 2760. The molecule has 14 nitrogen and oxygen atoms in total. The molecule has 0 bridgehead atoms. The summed E-state index contributed by atoms with van der Waals surface area (Å²) in [5.41, 5.74) is 5.57. The van der Waals surface area contributed by atoms with Gasteiger partial charge in [0.05, 0.1) is 15.2 Å². The molecule has 0 spiro atoms. The van der Waals surface area contributed by atoms with Crippen molar-refractivity contribution < 1.29 is 50.3 Å². The zero-order valence-corrected chi connectivity index (χ0v) is 40.3. The number of hydrogen-bond donors (Lipinski definition) is 6. The van der Waals surface area contributed by atoms with E-state index in [0.29, 0.717) is 64.7 Å². The van der Waals surface area contributed by atoms with Gasteiger partial charge in [-0.3, -0.25) is 18.7 Å². The lowest BCUT2D eigenvalue weighted by Crippen LogP contribution is -2.28. The molecule has 0 saturated heterocycles. The summed E-state index contributed by atoms with van der Waals surface area (Å²) in [5, 5.41) is 25.0. The standard InChI is InChI=1S/C51H62N4O10S2/c1-50(2)42-34-40(66(60,61)62)24-26-44(42)54(32-9-5-7-14-48(58)52-30-28-36-16-20-38(56)21-17-36)46(50)12-11-13-47-51(3,4)43-35-41(67(63,64)65)25-27-45(43)55(47)33-10-6-8-15-49(59)53-31-29-37-18-22-39(57)23-19-37/h11-13,16-27,34-35H,5-10,14-15,28-33H2,1-4H3,(H5-,52,53,56,57,58,59,60,61,62,63,64,65)/p+1. The highest BCUT2D eigenvalue weighted by molar-refractivity contribution is 7.86. The van der Waals surface area contributed by atoms with E-state index in [1.165, 1.54) is 24.3 Å². The zero-order chi connectivity index (χ0) is 48.6. The Hall–Kier alpha value is -5.81. The maximum atomic E-state index is 12.6. The average molecular weight is 956 g/mol. The van der Waals surface area contributed by atoms with E-state index in [2.05, 4.69) is 20.1 Å². The third kappa shape index (κ3) is 12.8. The van der Waals surface area contributed by atoms with Gasteiger partial charge in [0.1, 0.15) is 18.0 Å². The van der Waals surface area contributed by atoms with Gasteiger partial charge in [0.25, 0.3) is 20.2 Å². The lowest BCUT2D eigenvalue weighted by atomic mass is 9.81. The van der Waals surface area contributed by atoms with Gasteiger partial charge in [-0.25, -0.2) is 0 Å². The number of nitrogens with one attached hydrogen (secondary N) is 2. The fourth-order valence-corrected chi connectivity index (χ4v) is 10.0. The Labute approximate surface area is 394 Å². The van der Waals surface area contributed by atoms with Gasteiger partial charge in [-0.15, -0.1) is 0 Å². The van der Waals surface area contributed by atoms with Crippen LogP contribution in [-0.4, -0.2) is 84.4 Å². The number of fused-ring (bicyclic) bond motifs is 2. The molecule has 0 radical (unpaired) electrons. The summed E-state index contributed by atoms with van der Waals surface area (Å²) < 4.78 is 71.1. The molecular formula is C51H63N4O10S2+. The summed E-state index contributed by atoms with van der Waals surface area (Å²) >= 11 is 0. The van der Waals surface area contributed by atoms with Crippen molar-refractivity contribution in [2.75, 3.05) is 31.1 Å². The molecule has 6 N–H and O–H groups in total. The topological polar surface area (TPSA) is 214 Å². The molecule has 16 heteroatoms. The first kappa shape index (κ1) is 50.6. The summed E-state index contributed by atoms with van der Waals surface area (Å²) in [4.78, 5) is 27.0. The maximum absolute atomic E-state index is 12.6. The molecule has 2 amide bonds. The van der Waals surface area contributed by atoms with E-state index in [-0.39, 0.29) is 33.1 Å². The minimum Gasteiger partial charge on any atom is -0.508 e. The second-order valence-corrected chi connectivity index (χ2v) is 21.2. The minimum atomic E-state index is -4.47. The van der Waals surface area contributed by atoms with Crippen LogP contribution >= 0.6 is 0 Å². The van der Waals surface area contributed by atoms with Crippen molar-refractivity contribution in [3.63, 3.8) is 0 Å². The fourth-order valence-electron chi connectivity index (χ4n) is 9.00. The Morgan fingerprint density at radius 3 is 1.69 bits per heavy atom. The first-order valence-electron chi connectivity index (χ1n) is 22.8. The number of rotatable bonds is 22. The van der Waals surface area contributed by atoms with Crippen LogP contribution in [0.1, 0.15) is 101 Å². The van der Waals surface area contributed by atoms with E-state index in [1.54, 1.807) is 36.4 Å². The summed E-state index contributed by atoms with van der Waals surface area (Å²) in [7, 11) is -8.94. The molecule has 4 aromatic rings. The van der Waals surface area contributed by atoms with Crippen LogP contribution in [-0.2, 0) is 53.5 Å². The van der Waals surface area contributed by atoms with Gasteiger partial charge in [0.2, 0.25) is 17.5 Å². The van der Waals surface area contributed by atoms with E-state index in [4.69, 9.17) is 0 Å². The molecule has 6 rings (SSSR count). The molecule has 4 aromatic carbocycles. The molecule has 0 saturated carbocycles. The number of carbonyl (C=O) groups is 2. The van der Waals surface area contributed by atoms with Crippen LogP contribution in [0.4, 0.5) is 11.4 Å². The SMILES string of the molecule is CC1(C)C(=CC=CC2=[N+](CCCCCC(=O)NCCc3ccc(O)cc3)c3ccc(S(=O)(=O)O)cc3C2(C)C)N(CCCCCC(=O)NCCc2ccc(O)cc2)c2ccc(S(=O)(=O)O)cc21. The number of anilines is 1. The molecule has 2 aliphatic heterocycles. The normalized spacial score (nSPS) is 15.9. The van der Waals surface area contributed by atoms with Crippen molar-refractivity contribution in [1.82, 2.24) is 10.6 Å². The summed E-state index contributed by atoms with van der Waals surface area (Å²) in [5.74, 6) is 0.326. The van der Waals surface area contributed by atoms with Gasteiger partial charge < -0.3 is 25.7 Å². The van der Waals surface area contributed by atoms with Crippen LogP contribution in [0.2, 0.25) is 0 Å². The van der Waals surface area contributed by atoms with Gasteiger partial charge in [0, 0.05) is 73.4 Å². The van der Waals surface area contributed by atoms with Crippen molar-refractivity contribution in [2.45, 2.75) is 113 Å². The number of allylic oxidation sites excluding steroid dienone is 4. The zero-order valence-electron chi connectivity index (χ0n) is 38.7. The first-order chi connectivity index (χ1) is 31.7. The highest BCUT2D eigenvalue weighted by Gasteiger charge is 2.45. The number of phenolic OH excluding ortho intramolecular Hbond substituents is 2. The number of unbranched alkanes of at least 4 members (excludes halogenated alkanes) is 4. The van der Waals surface area contributed by atoms with Gasteiger partial charge in [-0.05, 0) is 130 Å². The number of carbonyl (C=O) groups excluding carboxylic acids is 2. The van der Waals surface area contributed by atoms with Gasteiger partial charge in [0.15, 0.2) is 5.71 Å². The maximum Gasteiger partial charge on any atom is 0.294 e. The van der Waals surface area contributed by atoms with Crippen LogP contribution in [0.5, 0.6) is 11.5 Å². The molecule has 0 fully saturated rings. The molecule has 2 heterocycles. The number of benzene rings is 4. The molecular weight excluding hydrogens is 893 g/mol. The number of phenols is 2. The van der Waals surface area contributed by atoms with Gasteiger partial charge >= 0.3 is 0 Å². The van der Waals surface area contributed by atoms with Crippen molar-refractivity contribution in [3.8, 4) is 11.5 Å². The summed E-state index contributed by atoms with van der Waals surface area (Å²) in [6.07, 6.45) is 12.4. The number of aromatic hydroxyl groups is 2. The van der Waals surface area contributed by atoms with E-state index >= 15 is 0 Å². The second kappa shape index (κ2) is 21.4. The smallest absolute Gasteiger partial charge is 0.294 e.